The molecule has 0 saturated carbocycles. The molecule has 0 aliphatic carbocycles. The zero-order valence-electron chi connectivity index (χ0n) is 9.55. The molecule has 5 nitrogen and oxygen atoms in total. The number of aromatic nitrogens is 1. The average Bonchev–Trinajstić information content (AvgIpc) is 2.72. The summed E-state index contributed by atoms with van der Waals surface area (Å²) in [7, 11) is 0. The van der Waals surface area contributed by atoms with Crippen molar-refractivity contribution in [2.45, 2.75) is 18.7 Å². The Morgan fingerprint density at radius 3 is 2.82 bits per heavy atom. The summed E-state index contributed by atoms with van der Waals surface area (Å²) < 4.78 is 0. The highest BCUT2D eigenvalue weighted by atomic mass is 32.2. The number of thiazole rings is 1. The van der Waals surface area contributed by atoms with Crippen molar-refractivity contribution in [2.24, 2.45) is 0 Å². The van der Waals surface area contributed by atoms with Gasteiger partial charge in [-0.25, -0.2) is 4.98 Å². The van der Waals surface area contributed by atoms with Gasteiger partial charge in [0, 0.05) is 11.1 Å². The number of aryl methyl sites for hydroxylation is 1. The Morgan fingerprint density at radius 2 is 2.29 bits per heavy atom. The van der Waals surface area contributed by atoms with E-state index in [0.717, 1.165) is 10.7 Å². The number of aliphatic hydroxyl groups is 2. The molecule has 1 heterocycles. The second-order valence-electron chi connectivity index (χ2n) is 3.48. The van der Waals surface area contributed by atoms with E-state index in [4.69, 9.17) is 10.2 Å². The molecular weight excluding hydrogens is 260 g/mol. The lowest BCUT2D eigenvalue weighted by molar-refractivity contribution is -0.119. The van der Waals surface area contributed by atoms with Crippen LogP contribution in [0.15, 0.2) is 5.38 Å². The minimum absolute atomic E-state index is 0.185. The molecule has 0 atom stereocenters. The molecule has 0 fully saturated rings. The SMILES string of the molecule is Cc1nc(CSCC(=O)NC(CO)CO)cs1. The number of amides is 1. The van der Waals surface area contributed by atoms with Gasteiger partial charge in [0.2, 0.25) is 5.91 Å². The van der Waals surface area contributed by atoms with E-state index in [0.29, 0.717) is 11.5 Å². The van der Waals surface area contributed by atoms with E-state index in [9.17, 15) is 4.79 Å². The molecule has 0 aromatic carbocycles. The van der Waals surface area contributed by atoms with Gasteiger partial charge >= 0.3 is 0 Å². The topological polar surface area (TPSA) is 82.5 Å². The van der Waals surface area contributed by atoms with Crippen LogP contribution in [0.5, 0.6) is 0 Å². The van der Waals surface area contributed by atoms with Gasteiger partial charge < -0.3 is 15.5 Å². The number of nitrogens with one attached hydrogen (secondary N) is 1. The third-order valence-corrected chi connectivity index (χ3v) is 3.74. The number of carbonyl (C=O) groups is 1. The van der Waals surface area contributed by atoms with Crippen molar-refractivity contribution in [1.29, 1.82) is 0 Å². The maximum absolute atomic E-state index is 11.4. The molecule has 0 spiro atoms. The normalized spacial score (nSPS) is 10.8. The number of rotatable bonds is 7. The largest absolute Gasteiger partial charge is 0.394 e. The summed E-state index contributed by atoms with van der Waals surface area (Å²) in [6.07, 6.45) is 0. The predicted octanol–water partition coefficient (Wildman–Crippen LogP) is 0.154. The van der Waals surface area contributed by atoms with Crippen molar-refractivity contribution in [3.05, 3.63) is 16.1 Å². The highest BCUT2D eigenvalue weighted by Crippen LogP contribution is 2.14. The smallest absolute Gasteiger partial charge is 0.230 e. The second-order valence-corrected chi connectivity index (χ2v) is 5.53. The summed E-state index contributed by atoms with van der Waals surface area (Å²) in [6, 6.07) is -0.565. The van der Waals surface area contributed by atoms with Crippen LogP contribution in [0.2, 0.25) is 0 Å². The van der Waals surface area contributed by atoms with E-state index in [1.165, 1.54) is 11.8 Å². The van der Waals surface area contributed by atoms with E-state index in [1.807, 2.05) is 12.3 Å². The van der Waals surface area contributed by atoms with Gasteiger partial charge in [-0.15, -0.1) is 23.1 Å². The fourth-order valence-corrected chi connectivity index (χ4v) is 2.59. The van der Waals surface area contributed by atoms with Crippen LogP contribution in [-0.2, 0) is 10.5 Å². The summed E-state index contributed by atoms with van der Waals surface area (Å²) >= 11 is 3.05. The van der Waals surface area contributed by atoms with Crippen molar-refractivity contribution in [3.8, 4) is 0 Å². The van der Waals surface area contributed by atoms with Gasteiger partial charge in [-0.3, -0.25) is 4.79 Å². The fourth-order valence-electron chi connectivity index (χ4n) is 1.14. The van der Waals surface area contributed by atoms with Crippen molar-refractivity contribution in [1.82, 2.24) is 10.3 Å². The Bertz CT molecular complexity index is 353. The summed E-state index contributed by atoms with van der Waals surface area (Å²) in [5, 5.41) is 23.1. The Kier molecular flexibility index (Phi) is 6.49. The molecule has 1 aromatic rings. The monoisotopic (exact) mass is 276 g/mol. The Labute approximate surface area is 108 Å². The first-order chi connectivity index (χ1) is 8.15. The molecule has 0 unspecified atom stereocenters. The van der Waals surface area contributed by atoms with Crippen molar-refractivity contribution in [3.63, 3.8) is 0 Å². The molecule has 7 heteroatoms. The first kappa shape index (κ1) is 14.4. The zero-order chi connectivity index (χ0) is 12.7. The van der Waals surface area contributed by atoms with Crippen LogP contribution in [0.3, 0.4) is 0 Å². The standard InChI is InChI=1S/C10H16N2O3S2/c1-7-11-9(5-17-7)4-16-6-10(15)12-8(2-13)3-14/h5,8,13-14H,2-4,6H2,1H3,(H,12,15). The number of thioether (sulfide) groups is 1. The lowest BCUT2D eigenvalue weighted by Gasteiger charge is -2.12. The molecule has 0 aliphatic heterocycles. The first-order valence-corrected chi connectivity index (χ1v) is 7.19. The summed E-state index contributed by atoms with van der Waals surface area (Å²) in [5.74, 6) is 0.809. The fraction of sp³-hybridized carbons (Fsp3) is 0.600. The maximum Gasteiger partial charge on any atom is 0.230 e. The van der Waals surface area contributed by atoms with Crippen LogP contribution in [0.4, 0.5) is 0 Å². The molecule has 0 radical (unpaired) electrons. The molecule has 96 valence electrons. The number of carbonyl (C=O) groups excluding carboxylic acids is 1. The first-order valence-electron chi connectivity index (χ1n) is 5.15. The minimum Gasteiger partial charge on any atom is -0.394 e. The number of hydrogen-bond donors (Lipinski definition) is 3. The predicted molar refractivity (Wildman–Crippen MR) is 69.1 cm³/mol. The van der Waals surface area contributed by atoms with Crippen molar-refractivity contribution < 1.29 is 15.0 Å². The van der Waals surface area contributed by atoms with E-state index >= 15 is 0 Å². The molecule has 1 amide bonds. The highest BCUT2D eigenvalue weighted by molar-refractivity contribution is 7.99. The van der Waals surface area contributed by atoms with E-state index in [2.05, 4.69) is 10.3 Å². The van der Waals surface area contributed by atoms with Gasteiger partial charge in [-0.05, 0) is 6.92 Å². The number of nitrogens with zero attached hydrogens (tertiary/aromatic N) is 1. The molecular formula is C10H16N2O3S2. The number of aliphatic hydroxyl groups excluding tert-OH is 2. The van der Waals surface area contributed by atoms with Gasteiger partial charge in [0.05, 0.1) is 35.7 Å². The van der Waals surface area contributed by atoms with Crippen LogP contribution in [0, 0.1) is 6.92 Å². The third kappa shape index (κ3) is 5.49. The van der Waals surface area contributed by atoms with E-state index in [-0.39, 0.29) is 19.1 Å². The van der Waals surface area contributed by atoms with Crippen LogP contribution >= 0.6 is 23.1 Å². The van der Waals surface area contributed by atoms with Crippen molar-refractivity contribution >= 4 is 29.0 Å². The van der Waals surface area contributed by atoms with E-state index < -0.39 is 6.04 Å². The molecule has 0 aliphatic rings. The second kappa shape index (κ2) is 7.65. The maximum atomic E-state index is 11.4. The lowest BCUT2D eigenvalue weighted by atomic mass is 10.3. The zero-order valence-corrected chi connectivity index (χ0v) is 11.2. The molecule has 17 heavy (non-hydrogen) atoms. The molecule has 0 bridgehead atoms. The third-order valence-electron chi connectivity index (χ3n) is 1.96. The van der Waals surface area contributed by atoms with Gasteiger partial charge in [0.1, 0.15) is 0 Å². The van der Waals surface area contributed by atoms with Crippen molar-refractivity contribution in [2.75, 3.05) is 19.0 Å². The van der Waals surface area contributed by atoms with Gasteiger partial charge in [-0.2, -0.15) is 0 Å². The van der Waals surface area contributed by atoms with Crippen LogP contribution in [-0.4, -0.2) is 46.1 Å². The summed E-state index contributed by atoms with van der Waals surface area (Å²) in [5.41, 5.74) is 0.978. The lowest BCUT2D eigenvalue weighted by Crippen LogP contribution is -2.41. The van der Waals surface area contributed by atoms with Gasteiger partial charge in [0.25, 0.3) is 0 Å². The molecule has 3 N–H and O–H groups in total. The van der Waals surface area contributed by atoms with Gasteiger partial charge in [-0.1, -0.05) is 0 Å². The van der Waals surface area contributed by atoms with E-state index in [1.54, 1.807) is 11.3 Å². The molecule has 0 saturated heterocycles. The van der Waals surface area contributed by atoms with Crippen LogP contribution < -0.4 is 5.32 Å². The number of hydrogen-bond acceptors (Lipinski definition) is 6. The summed E-state index contributed by atoms with van der Waals surface area (Å²) in [6.45, 7) is 1.44. The summed E-state index contributed by atoms with van der Waals surface area (Å²) in [4.78, 5) is 15.7. The Morgan fingerprint density at radius 1 is 1.59 bits per heavy atom. The van der Waals surface area contributed by atoms with Gasteiger partial charge in [0.15, 0.2) is 0 Å². The quantitative estimate of drug-likeness (QED) is 0.660. The Balaban J connectivity index is 2.20. The molecule has 1 aromatic heterocycles. The average molecular weight is 276 g/mol. The Hall–Kier alpha value is -0.630. The van der Waals surface area contributed by atoms with Crippen LogP contribution in [0.1, 0.15) is 10.7 Å². The van der Waals surface area contributed by atoms with Crippen LogP contribution in [0.25, 0.3) is 0 Å². The minimum atomic E-state index is -0.565. The molecule has 1 rings (SSSR count). The highest BCUT2D eigenvalue weighted by Gasteiger charge is 2.10.